The molecule has 0 saturated heterocycles. The maximum absolute atomic E-state index is 12.7. The standard InChI is InChI=1S/C19H35N9O8/c1-8(29)14(17(34)26-10(18(35)36)4-5-12(21)30)28-16(33)11(7-13(22)31)27-15(32)9(20)3-2-6-25-19(23)24/h8-11,14,29H,2-7,20H2,1H3,(H2,21,30)(H2,22,31)(H,26,34)(H,27,32)(H,28,33)(H,35,36)(H4,23,24,25). The van der Waals surface area contributed by atoms with E-state index in [0.29, 0.717) is 6.42 Å². The molecule has 17 nitrogen and oxygen atoms in total. The average Bonchev–Trinajstić information content (AvgIpc) is 2.75. The molecule has 0 bridgehead atoms. The van der Waals surface area contributed by atoms with Gasteiger partial charge in [0, 0.05) is 13.0 Å². The van der Waals surface area contributed by atoms with Gasteiger partial charge in [-0.15, -0.1) is 0 Å². The summed E-state index contributed by atoms with van der Waals surface area (Å²) in [5.41, 5.74) is 26.3. The van der Waals surface area contributed by atoms with Crippen LogP contribution in [0.3, 0.4) is 0 Å². The first-order valence-electron chi connectivity index (χ1n) is 10.8. The van der Waals surface area contributed by atoms with Crippen molar-refractivity contribution in [1.29, 1.82) is 0 Å². The smallest absolute Gasteiger partial charge is 0.326 e. The maximum Gasteiger partial charge on any atom is 0.326 e. The SMILES string of the molecule is CC(O)C(NC(=O)C(CC(N)=O)NC(=O)C(N)CCCN=C(N)N)C(=O)NC(CCC(N)=O)C(=O)O. The van der Waals surface area contributed by atoms with Gasteiger partial charge < -0.3 is 54.8 Å². The van der Waals surface area contributed by atoms with E-state index in [1.54, 1.807) is 0 Å². The lowest BCUT2D eigenvalue weighted by atomic mass is 10.1. The van der Waals surface area contributed by atoms with Crippen molar-refractivity contribution in [3.63, 3.8) is 0 Å². The van der Waals surface area contributed by atoms with Crippen molar-refractivity contribution in [2.24, 2.45) is 33.7 Å². The fourth-order valence-electron chi connectivity index (χ4n) is 2.80. The zero-order chi connectivity index (χ0) is 28.0. The molecule has 0 spiro atoms. The van der Waals surface area contributed by atoms with E-state index >= 15 is 0 Å². The van der Waals surface area contributed by atoms with Crippen LogP contribution in [0, 0.1) is 0 Å². The van der Waals surface area contributed by atoms with Gasteiger partial charge in [-0.05, 0) is 26.2 Å². The highest BCUT2D eigenvalue weighted by molar-refractivity contribution is 5.96. The number of carboxylic acids is 1. The van der Waals surface area contributed by atoms with Crippen molar-refractivity contribution < 1.29 is 39.0 Å². The van der Waals surface area contributed by atoms with Crippen molar-refractivity contribution in [3.8, 4) is 0 Å². The van der Waals surface area contributed by atoms with E-state index in [9.17, 15) is 39.0 Å². The molecular formula is C19H35N9O8. The molecule has 17 heteroatoms. The molecule has 0 rings (SSSR count). The van der Waals surface area contributed by atoms with E-state index in [1.165, 1.54) is 0 Å². The van der Waals surface area contributed by atoms with Crippen LogP contribution in [0.5, 0.6) is 0 Å². The highest BCUT2D eigenvalue weighted by Gasteiger charge is 2.33. The number of carboxylic acid groups (broad SMARTS) is 1. The minimum absolute atomic E-state index is 0.133. The number of aliphatic hydroxyl groups is 1. The Morgan fingerprint density at radius 3 is 1.89 bits per heavy atom. The molecule has 0 saturated carbocycles. The Hall–Kier alpha value is -3.99. The number of carbonyl (C=O) groups excluding carboxylic acids is 5. The number of primary amides is 2. The van der Waals surface area contributed by atoms with Gasteiger partial charge in [0.1, 0.15) is 18.1 Å². The largest absolute Gasteiger partial charge is 0.480 e. The number of nitrogens with one attached hydrogen (secondary N) is 3. The van der Waals surface area contributed by atoms with E-state index in [-0.39, 0.29) is 31.8 Å². The van der Waals surface area contributed by atoms with Crippen molar-refractivity contribution >= 4 is 41.5 Å². The van der Waals surface area contributed by atoms with Crippen molar-refractivity contribution in [1.82, 2.24) is 16.0 Å². The Bertz CT molecular complexity index is 845. The number of hydrogen-bond donors (Lipinski definition) is 10. The third kappa shape index (κ3) is 13.0. The lowest BCUT2D eigenvalue weighted by Gasteiger charge is -2.26. The van der Waals surface area contributed by atoms with E-state index < -0.39 is 72.2 Å². The number of aliphatic carboxylic acids is 1. The molecule has 0 radical (unpaired) electrons. The predicted molar refractivity (Wildman–Crippen MR) is 125 cm³/mol. The molecule has 0 aliphatic carbocycles. The first-order valence-corrected chi connectivity index (χ1v) is 10.8. The fourth-order valence-corrected chi connectivity index (χ4v) is 2.80. The third-order valence-corrected chi connectivity index (χ3v) is 4.70. The first-order chi connectivity index (χ1) is 16.6. The Kier molecular flexibility index (Phi) is 14.1. The summed E-state index contributed by atoms with van der Waals surface area (Å²) in [6.45, 7) is 1.34. The van der Waals surface area contributed by atoms with Gasteiger partial charge in [-0.25, -0.2) is 4.79 Å². The summed E-state index contributed by atoms with van der Waals surface area (Å²) in [5.74, 6) is -6.35. The predicted octanol–water partition coefficient (Wildman–Crippen LogP) is -5.57. The van der Waals surface area contributed by atoms with Crippen LogP contribution in [0.4, 0.5) is 0 Å². The number of nitrogens with two attached hydrogens (primary N) is 5. The minimum atomic E-state index is -1.69. The molecule has 5 atom stereocenters. The van der Waals surface area contributed by atoms with Gasteiger partial charge >= 0.3 is 5.97 Å². The number of nitrogens with zero attached hydrogens (tertiary/aromatic N) is 1. The number of guanidine groups is 1. The monoisotopic (exact) mass is 517 g/mol. The summed E-state index contributed by atoms with van der Waals surface area (Å²) in [6.07, 6.45) is -2.40. The van der Waals surface area contributed by atoms with E-state index in [4.69, 9.17) is 28.7 Å². The lowest BCUT2D eigenvalue weighted by Crippen LogP contribution is -2.60. The minimum Gasteiger partial charge on any atom is -0.480 e. The zero-order valence-corrected chi connectivity index (χ0v) is 19.8. The van der Waals surface area contributed by atoms with Gasteiger partial charge in [0.05, 0.1) is 18.6 Å². The van der Waals surface area contributed by atoms with E-state index in [1.807, 2.05) is 0 Å². The normalized spacial score (nSPS) is 14.8. The van der Waals surface area contributed by atoms with Crippen molar-refractivity contribution in [2.45, 2.75) is 69.3 Å². The quantitative estimate of drug-likeness (QED) is 0.0492. The van der Waals surface area contributed by atoms with Gasteiger partial charge in [0.25, 0.3) is 0 Å². The fraction of sp³-hybridized carbons (Fsp3) is 0.632. The molecule has 36 heavy (non-hydrogen) atoms. The average molecular weight is 518 g/mol. The van der Waals surface area contributed by atoms with Crippen LogP contribution >= 0.6 is 0 Å². The molecule has 5 amide bonds. The zero-order valence-electron chi connectivity index (χ0n) is 19.8. The molecule has 0 aromatic rings. The van der Waals surface area contributed by atoms with Gasteiger partial charge in [-0.2, -0.15) is 0 Å². The second-order valence-electron chi connectivity index (χ2n) is 7.92. The highest BCUT2D eigenvalue weighted by Crippen LogP contribution is 2.03. The van der Waals surface area contributed by atoms with E-state index in [2.05, 4.69) is 20.9 Å². The number of rotatable bonds is 17. The molecule has 5 unspecified atom stereocenters. The summed E-state index contributed by atoms with van der Waals surface area (Å²) in [6, 6.07) is -5.88. The molecule has 0 aromatic carbocycles. The van der Waals surface area contributed by atoms with Crippen LogP contribution in [0.15, 0.2) is 4.99 Å². The third-order valence-electron chi connectivity index (χ3n) is 4.70. The summed E-state index contributed by atoms with van der Waals surface area (Å²) < 4.78 is 0. The summed E-state index contributed by atoms with van der Waals surface area (Å²) in [5, 5.41) is 25.7. The Morgan fingerprint density at radius 2 is 1.42 bits per heavy atom. The molecular weight excluding hydrogens is 482 g/mol. The second kappa shape index (κ2) is 15.8. The molecule has 0 aliphatic rings. The Morgan fingerprint density at radius 1 is 0.833 bits per heavy atom. The van der Waals surface area contributed by atoms with Crippen LogP contribution in [-0.4, -0.2) is 88.5 Å². The number of aliphatic hydroxyl groups excluding tert-OH is 1. The topological polar surface area (TPSA) is 321 Å². The summed E-state index contributed by atoms with van der Waals surface area (Å²) in [7, 11) is 0. The Labute approximate surface area is 206 Å². The molecule has 204 valence electrons. The molecule has 15 N–H and O–H groups in total. The number of aliphatic imine (C=N–C) groups is 1. The van der Waals surface area contributed by atoms with E-state index in [0.717, 1.165) is 6.92 Å². The van der Waals surface area contributed by atoms with Crippen LogP contribution in [0.1, 0.15) is 39.0 Å². The number of carbonyl (C=O) groups is 6. The summed E-state index contributed by atoms with van der Waals surface area (Å²) >= 11 is 0. The van der Waals surface area contributed by atoms with Crippen molar-refractivity contribution in [2.75, 3.05) is 6.54 Å². The molecule has 0 fully saturated rings. The van der Waals surface area contributed by atoms with Crippen LogP contribution in [0.25, 0.3) is 0 Å². The molecule has 0 aromatic heterocycles. The van der Waals surface area contributed by atoms with Crippen LogP contribution in [-0.2, 0) is 28.8 Å². The number of amides is 5. The van der Waals surface area contributed by atoms with Crippen LogP contribution < -0.4 is 44.6 Å². The molecule has 0 aliphatic heterocycles. The van der Waals surface area contributed by atoms with Crippen LogP contribution in [0.2, 0.25) is 0 Å². The van der Waals surface area contributed by atoms with Gasteiger partial charge in [-0.3, -0.25) is 29.0 Å². The number of hydrogen-bond acceptors (Lipinski definition) is 9. The highest BCUT2D eigenvalue weighted by atomic mass is 16.4. The van der Waals surface area contributed by atoms with Crippen molar-refractivity contribution in [3.05, 3.63) is 0 Å². The van der Waals surface area contributed by atoms with Gasteiger partial charge in [-0.1, -0.05) is 0 Å². The lowest BCUT2D eigenvalue weighted by molar-refractivity contribution is -0.143. The van der Waals surface area contributed by atoms with Gasteiger partial charge in [0.2, 0.25) is 29.5 Å². The maximum atomic E-state index is 12.7. The second-order valence-corrected chi connectivity index (χ2v) is 7.92. The molecule has 0 heterocycles. The Balaban J connectivity index is 5.35. The van der Waals surface area contributed by atoms with Gasteiger partial charge in [0.15, 0.2) is 5.96 Å². The first kappa shape index (κ1) is 32.0. The summed E-state index contributed by atoms with van der Waals surface area (Å²) in [4.78, 5) is 75.1.